The number of anilines is 2. The maximum absolute atomic E-state index is 11.8. The Kier molecular flexibility index (Phi) is 6.31. The lowest BCUT2D eigenvalue weighted by atomic mass is 10.1. The lowest BCUT2D eigenvalue weighted by Gasteiger charge is -2.25. The predicted octanol–water partition coefficient (Wildman–Crippen LogP) is 1.96. The van der Waals surface area contributed by atoms with E-state index in [0.29, 0.717) is 17.8 Å². The summed E-state index contributed by atoms with van der Waals surface area (Å²) in [6.45, 7) is 5.42. The van der Waals surface area contributed by atoms with Crippen LogP contribution in [0.3, 0.4) is 0 Å². The van der Waals surface area contributed by atoms with Crippen molar-refractivity contribution in [3.8, 4) is 0 Å². The van der Waals surface area contributed by atoms with Crippen molar-refractivity contribution in [3.05, 3.63) is 23.3 Å². The first-order valence-electron chi connectivity index (χ1n) is 6.89. The first-order valence-corrected chi connectivity index (χ1v) is 6.89. The highest BCUT2D eigenvalue weighted by Gasteiger charge is 2.16. The van der Waals surface area contributed by atoms with Gasteiger partial charge in [-0.1, -0.05) is 13.3 Å². The van der Waals surface area contributed by atoms with E-state index in [4.69, 9.17) is 10.5 Å². The summed E-state index contributed by atoms with van der Waals surface area (Å²) in [4.78, 5) is 13.8. The molecule has 5 heteroatoms. The van der Waals surface area contributed by atoms with E-state index in [0.717, 1.165) is 30.6 Å². The van der Waals surface area contributed by atoms with Crippen molar-refractivity contribution in [2.75, 3.05) is 37.4 Å². The Morgan fingerprint density at radius 1 is 1.40 bits per heavy atom. The maximum atomic E-state index is 11.8. The number of methoxy groups -OCH3 is 1. The Balaban J connectivity index is 3.14. The van der Waals surface area contributed by atoms with Gasteiger partial charge in [-0.05, 0) is 31.0 Å². The van der Waals surface area contributed by atoms with Crippen molar-refractivity contribution >= 4 is 17.3 Å². The van der Waals surface area contributed by atoms with Crippen molar-refractivity contribution in [3.63, 3.8) is 0 Å². The molecular weight excluding hydrogens is 256 g/mol. The van der Waals surface area contributed by atoms with Crippen molar-refractivity contribution in [1.82, 2.24) is 0 Å². The summed E-state index contributed by atoms with van der Waals surface area (Å²) in [7, 11) is 1.34. The molecule has 0 heterocycles. The maximum Gasteiger partial charge on any atom is 0.340 e. The van der Waals surface area contributed by atoms with E-state index in [9.17, 15) is 9.90 Å². The fourth-order valence-electron chi connectivity index (χ4n) is 2.08. The van der Waals surface area contributed by atoms with E-state index in [1.165, 1.54) is 7.11 Å². The molecule has 1 aromatic rings. The zero-order chi connectivity index (χ0) is 15.1. The number of nitrogen functional groups attached to an aromatic ring is 1. The number of hydrogen-bond acceptors (Lipinski definition) is 5. The van der Waals surface area contributed by atoms with Gasteiger partial charge in [0, 0.05) is 24.5 Å². The first kappa shape index (κ1) is 16.3. The van der Waals surface area contributed by atoms with Crippen LogP contribution in [0.2, 0.25) is 0 Å². The van der Waals surface area contributed by atoms with Gasteiger partial charge in [0.15, 0.2) is 0 Å². The summed E-state index contributed by atoms with van der Waals surface area (Å²) in [5, 5.41) is 9.19. The van der Waals surface area contributed by atoms with Crippen molar-refractivity contribution in [2.45, 2.75) is 26.7 Å². The summed E-state index contributed by atoms with van der Waals surface area (Å²) in [5.74, 6) is -0.438. The van der Waals surface area contributed by atoms with Crippen LogP contribution < -0.4 is 10.6 Å². The van der Waals surface area contributed by atoms with Gasteiger partial charge in [0.2, 0.25) is 0 Å². The minimum absolute atomic E-state index is 0.0701. The van der Waals surface area contributed by atoms with Gasteiger partial charge >= 0.3 is 5.97 Å². The predicted molar refractivity (Wildman–Crippen MR) is 81.1 cm³/mol. The van der Waals surface area contributed by atoms with Gasteiger partial charge in [0.25, 0.3) is 0 Å². The topological polar surface area (TPSA) is 75.8 Å². The number of carbonyl (C=O) groups is 1. The highest BCUT2D eigenvalue weighted by atomic mass is 16.5. The molecule has 0 radical (unpaired) electrons. The number of rotatable bonds is 7. The van der Waals surface area contributed by atoms with Gasteiger partial charge in [-0.2, -0.15) is 0 Å². The monoisotopic (exact) mass is 280 g/mol. The number of aliphatic hydroxyl groups excluding tert-OH is 1. The smallest absolute Gasteiger partial charge is 0.340 e. The zero-order valence-electron chi connectivity index (χ0n) is 12.5. The third kappa shape index (κ3) is 3.87. The van der Waals surface area contributed by atoms with Crippen molar-refractivity contribution < 1.29 is 14.6 Å². The fourth-order valence-corrected chi connectivity index (χ4v) is 2.08. The van der Waals surface area contributed by atoms with Gasteiger partial charge in [-0.25, -0.2) is 4.79 Å². The van der Waals surface area contributed by atoms with E-state index in [1.807, 2.05) is 13.0 Å². The van der Waals surface area contributed by atoms with Crippen LogP contribution in [0.4, 0.5) is 11.4 Å². The fraction of sp³-hybridized carbons (Fsp3) is 0.533. The lowest BCUT2D eigenvalue weighted by molar-refractivity contribution is 0.0602. The minimum atomic E-state index is -0.438. The standard InChI is InChI=1S/C15H24N2O3/c1-4-5-6-17(7-8-18)12-9-11(2)14(16)13(10-12)15(19)20-3/h9-10,18H,4-8,16H2,1-3H3. The van der Waals surface area contributed by atoms with Gasteiger partial charge in [-0.15, -0.1) is 0 Å². The Morgan fingerprint density at radius 2 is 2.10 bits per heavy atom. The summed E-state index contributed by atoms with van der Waals surface area (Å²) in [6, 6.07) is 3.67. The van der Waals surface area contributed by atoms with Crippen LogP contribution in [0.15, 0.2) is 12.1 Å². The molecule has 0 saturated heterocycles. The largest absolute Gasteiger partial charge is 0.465 e. The Labute approximate surface area is 120 Å². The Morgan fingerprint density at radius 3 is 2.65 bits per heavy atom. The molecule has 0 saturated carbocycles. The molecule has 0 bridgehead atoms. The molecule has 0 atom stereocenters. The van der Waals surface area contributed by atoms with Crippen LogP contribution in [-0.4, -0.2) is 37.9 Å². The van der Waals surface area contributed by atoms with Gasteiger partial charge in [0.05, 0.1) is 19.3 Å². The average Bonchev–Trinajstić information content (AvgIpc) is 2.45. The van der Waals surface area contributed by atoms with E-state index in [2.05, 4.69) is 11.8 Å². The molecule has 3 N–H and O–H groups in total. The molecule has 0 fully saturated rings. The normalized spacial score (nSPS) is 10.4. The molecule has 0 aliphatic heterocycles. The molecule has 0 amide bonds. The number of aliphatic hydroxyl groups is 1. The quantitative estimate of drug-likeness (QED) is 0.590. The van der Waals surface area contributed by atoms with Crippen molar-refractivity contribution in [1.29, 1.82) is 0 Å². The number of benzene rings is 1. The average molecular weight is 280 g/mol. The number of aryl methyl sites for hydroxylation is 1. The van der Waals surface area contributed by atoms with E-state index in [-0.39, 0.29) is 6.61 Å². The highest BCUT2D eigenvalue weighted by Crippen LogP contribution is 2.26. The van der Waals surface area contributed by atoms with Gasteiger partial charge in [-0.3, -0.25) is 0 Å². The number of hydrogen-bond donors (Lipinski definition) is 2. The van der Waals surface area contributed by atoms with Crippen LogP contribution in [0, 0.1) is 6.92 Å². The molecular formula is C15H24N2O3. The second-order valence-corrected chi connectivity index (χ2v) is 4.78. The Hall–Kier alpha value is -1.75. The highest BCUT2D eigenvalue weighted by molar-refractivity contribution is 5.97. The molecule has 20 heavy (non-hydrogen) atoms. The van der Waals surface area contributed by atoms with Gasteiger partial charge in [0.1, 0.15) is 0 Å². The first-order chi connectivity index (χ1) is 9.54. The summed E-state index contributed by atoms with van der Waals surface area (Å²) in [5.41, 5.74) is 8.48. The van der Waals surface area contributed by atoms with E-state index >= 15 is 0 Å². The van der Waals surface area contributed by atoms with Crippen LogP contribution in [0.1, 0.15) is 35.7 Å². The number of unbranched alkanes of at least 4 members (excludes halogenated alkanes) is 1. The molecule has 0 aliphatic rings. The van der Waals surface area contributed by atoms with Crippen LogP contribution in [0.5, 0.6) is 0 Å². The number of ether oxygens (including phenoxy) is 1. The zero-order valence-corrected chi connectivity index (χ0v) is 12.5. The Bertz CT molecular complexity index is 461. The SMILES string of the molecule is CCCCN(CCO)c1cc(C)c(N)c(C(=O)OC)c1. The molecule has 0 aliphatic carbocycles. The lowest BCUT2D eigenvalue weighted by Crippen LogP contribution is -2.28. The molecule has 1 aromatic carbocycles. The molecule has 112 valence electrons. The van der Waals surface area contributed by atoms with Crippen LogP contribution >= 0.6 is 0 Å². The second kappa shape index (κ2) is 7.75. The van der Waals surface area contributed by atoms with Crippen molar-refractivity contribution in [2.24, 2.45) is 0 Å². The summed E-state index contributed by atoms with van der Waals surface area (Å²) in [6.07, 6.45) is 2.09. The number of nitrogens with zero attached hydrogens (tertiary/aromatic N) is 1. The minimum Gasteiger partial charge on any atom is -0.465 e. The van der Waals surface area contributed by atoms with Crippen LogP contribution in [0.25, 0.3) is 0 Å². The van der Waals surface area contributed by atoms with Gasteiger partial charge < -0.3 is 20.5 Å². The molecule has 5 nitrogen and oxygen atoms in total. The summed E-state index contributed by atoms with van der Waals surface area (Å²) >= 11 is 0. The molecule has 0 unspecified atom stereocenters. The third-order valence-corrected chi connectivity index (χ3v) is 3.29. The molecule has 1 rings (SSSR count). The van der Waals surface area contributed by atoms with E-state index in [1.54, 1.807) is 6.07 Å². The van der Waals surface area contributed by atoms with Crippen LogP contribution in [-0.2, 0) is 4.74 Å². The third-order valence-electron chi connectivity index (χ3n) is 3.29. The number of esters is 1. The molecule has 0 spiro atoms. The molecule has 0 aromatic heterocycles. The second-order valence-electron chi connectivity index (χ2n) is 4.78. The summed E-state index contributed by atoms with van der Waals surface area (Å²) < 4.78 is 4.76. The van der Waals surface area contributed by atoms with E-state index < -0.39 is 5.97 Å². The number of carbonyl (C=O) groups excluding carboxylic acids is 1. The number of nitrogens with two attached hydrogens (primary N) is 1.